The first kappa shape index (κ1) is 11.2. The molecule has 0 fully saturated rings. The van der Waals surface area contributed by atoms with Crippen molar-refractivity contribution >= 4 is 11.5 Å². The number of hydrogen-bond donors (Lipinski definition) is 1. The van der Waals surface area contributed by atoms with Gasteiger partial charge in [-0.2, -0.15) is 5.10 Å². The second kappa shape index (κ2) is 5.16. The quantitative estimate of drug-likeness (QED) is 0.866. The minimum atomic E-state index is 0.738. The molecule has 2 rings (SSSR count). The maximum absolute atomic E-state index is 4.45. The summed E-state index contributed by atoms with van der Waals surface area (Å²) in [5, 5.41) is 11.3. The Hall–Kier alpha value is -1.30. The summed E-state index contributed by atoms with van der Waals surface area (Å²) in [6.07, 6.45) is 3.99. The highest BCUT2D eigenvalue weighted by Crippen LogP contribution is 2.23. The first-order valence-electron chi connectivity index (χ1n) is 5.58. The summed E-state index contributed by atoms with van der Waals surface area (Å²) in [5.41, 5.74) is 1.01. The fraction of sp³-hybridized carbons (Fsp3) is 0.600. The van der Waals surface area contributed by atoms with E-state index in [4.69, 9.17) is 0 Å². The molecule has 2 heterocycles. The third-order valence-corrected chi connectivity index (χ3v) is 3.03. The van der Waals surface area contributed by atoms with Crippen LogP contribution in [0.2, 0.25) is 0 Å². The summed E-state index contributed by atoms with van der Waals surface area (Å²) < 4.78 is 3.97. The van der Waals surface area contributed by atoms with E-state index >= 15 is 0 Å². The molecule has 0 unspecified atom stereocenters. The first-order chi connectivity index (χ1) is 7.85. The summed E-state index contributed by atoms with van der Waals surface area (Å²) in [4.78, 5) is 5.45. The van der Waals surface area contributed by atoms with Gasteiger partial charge in [0, 0.05) is 6.42 Å². The fourth-order valence-electron chi connectivity index (χ4n) is 1.52. The average Bonchev–Trinajstić information content (AvgIpc) is 2.87. The van der Waals surface area contributed by atoms with E-state index < -0.39 is 0 Å². The van der Waals surface area contributed by atoms with Gasteiger partial charge in [0.15, 0.2) is 5.82 Å². The molecule has 0 radical (unpaired) electrons. The monoisotopic (exact) mass is 237 g/mol. The van der Waals surface area contributed by atoms with Gasteiger partial charge in [-0.25, -0.2) is 4.98 Å². The van der Waals surface area contributed by atoms with Crippen molar-refractivity contribution in [1.29, 1.82) is 0 Å². The lowest BCUT2D eigenvalue weighted by Gasteiger charge is -1.93. The summed E-state index contributed by atoms with van der Waals surface area (Å²) in [7, 11) is 0. The minimum absolute atomic E-state index is 0.738. The molecule has 16 heavy (non-hydrogen) atoms. The summed E-state index contributed by atoms with van der Waals surface area (Å²) in [5.74, 6) is 1.68. The SMILES string of the molecule is CCCc1nc(-c2snnc2CCC)n[nH]1. The third kappa shape index (κ3) is 2.27. The molecular formula is C10H15N5S. The van der Waals surface area contributed by atoms with Gasteiger partial charge in [0.25, 0.3) is 0 Å². The van der Waals surface area contributed by atoms with Crippen molar-refractivity contribution in [2.75, 3.05) is 0 Å². The Morgan fingerprint density at radius 3 is 2.75 bits per heavy atom. The molecule has 0 amide bonds. The lowest BCUT2D eigenvalue weighted by atomic mass is 10.2. The highest BCUT2D eigenvalue weighted by atomic mass is 32.1. The van der Waals surface area contributed by atoms with Gasteiger partial charge in [0.1, 0.15) is 10.7 Å². The van der Waals surface area contributed by atoms with Gasteiger partial charge >= 0.3 is 0 Å². The third-order valence-electron chi connectivity index (χ3n) is 2.26. The number of nitrogens with zero attached hydrogens (tertiary/aromatic N) is 4. The molecule has 0 aliphatic carbocycles. The molecule has 6 heteroatoms. The van der Waals surface area contributed by atoms with Gasteiger partial charge in [-0.15, -0.1) is 5.10 Å². The van der Waals surface area contributed by atoms with Crippen LogP contribution >= 0.6 is 11.5 Å². The Morgan fingerprint density at radius 1 is 1.19 bits per heavy atom. The second-order valence-electron chi connectivity index (χ2n) is 3.65. The summed E-state index contributed by atoms with van der Waals surface area (Å²) >= 11 is 1.37. The normalized spacial score (nSPS) is 10.9. The van der Waals surface area contributed by atoms with Gasteiger partial charge in [0.05, 0.1) is 5.69 Å². The van der Waals surface area contributed by atoms with Crippen molar-refractivity contribution in [3.8, 4) is 10.7 Å². The Balaban J connectivity index is 2.24. The smallest absolute Gasteiger partial charge is 0.194 e. The van der Waals surface area contributed by atoms with E-state index in [-0.39, 0.29) is 0 Å². The zero-order valence-corrected chi connectivity index (χ0v) is 10.3. The van der Waals surface area contributed by atoms with Crippen LogP contribution in [0.25, 0.3) is 10.7 Å². The number of aromatic amines is 1. The van der Waals surface area contributed by atoms with Crippen LogP contribution in [0.5, 0.6) is 0 Å². The van der Waals surface area contributed by atoms with Crippen LogP contribution in [-0.2, 0) is 12.8 Å². The standard InChI is InChI=1S/C10H15N5S/c1-3-5-7-9(16-15-12-7)10-11-8(6-4-2)13-14-10/h3-6H2,1-2H3,(H,11,13,14). The van der Waals surface area contributed by atoms with E-state index in [9.17, 15) is 0 Å². The molecule has 5 nitrogen and oxygen atoms in total. The minimum Gasteiger partial charge on any atom is -0.263 e. The zero-order valence-electron chi connectivity index (χ0n) is 9.53. The van der Waals surface area contributed by atoms with Crippen LogP contribution in [0.4, 0.5) is 0 Å². The molecule has 0 bridgehead atoms. The van der Waals surface area contributed by atoms with Crippen molar-refractivity contribution in [3.05, 3.63) is 11.5 Å². The lowest BCUT2D eigenvalue weighted by Crippen LogP contribution is -1.89. The van der Waals surface area contributed by atoms with Crippen LogP contribution in [0, 0.1) is 0 Å². The summed E-state index contributed by atoms with van der Waals surface area (Å²) in [6.45, 7) is 4.25. The van der Waals surface area contributed by atoms with Crippen LogP contribution in [0.3, 0.4) is 0 Å². The van der Waals surface area contributed by atoms with Gasteiger partial charge in [-0.3, -0.25) is 5.10 Å². The topological polar surface area (TPSA) is 67.3 Å². The van der Waals surface area contributed by atoms with E-state index in [2.05, 4.69) is 38.6 Å². The van der Waals surface area contributed by atoms with Crippen molar-refractivity contribution in [2.45, 2.75) is 39.5 Å². The van der Waals surface area contributed by atoms with Gasteiger partial charge < -0.3 is 0 Å². The Kier molecular flexibility index (Phi) is 3.61. The van der Waals surface area contributed by atoms with E-state index in [1.54, 1.807) is 0 Å². The molecular weight excluding hydrogens is 222 g/mol. The maximum atomic E-state index is 4.45. The zero-order chi connectivity index (χ0) is 11.4. The molecule has 0 spiro atoms. The Labute approximate surface area is 98.5 Å². The van der Waals surface area contributed by atoms with Crippen LogP contribution in [-0.4, -0.2) is 24.8 Å². The molecule has 0 atom stereocenters. The second-order valence-corrected chi connectivity index (χ2v) is 4.41. The molecule has 86 valence electrons. The molecule has 2 aromatic rings. The molecule has 0 aliphatic heterocycles. The highest BCUT2D eigenvalue weighted by Gasteiger charge is 2.14. The Bertz CT molecular complexity index is 448. The van der Waals surface area contributed by atoms with E-state index in [1.165, 1.54) is 11.5 Å². The highest BCUT2D eigenvalue weighted by molar-refractivity contribution is 7.09. The fourth-order valence-corrected chi connectivity index (χ4v) is 2.17. The largest absolute Gasteiger partial charge is 0.263 e. The van der Waals surface area contributed by atoms with Crippen LogP contribution in [0.1, 0.15) is 38.2 Å². The van der Waals surface area contributed by atoms with Crippen LogP contribution < -0.4 is 0 Å². The van der Waals surface area contributed by atoms with Crippen molar-refractivity contribution in [3.63, 3.8) is 0 Å². The van der Waals surface area contributed by atoms with E-state index in [0.29, 0.717) is 0 Å². The number of rotatable bonds is 5. The predicted molar refractivity (Wildman–Crippen MR) is 63.3 cm³/mol. The van der Waals surface area contributed by atoms with Gasteiger partial charge in [-0.1, -0.05) is 24.8 Å². The number of nitrogens with one attached hydrogen (secondary N) is 1. The van der Waals surface area contributed by atoms with Gasteiger partial charge in [0.2, 0.25) is 0 Å². The predicted octanol–water partition coefficient (Wildman–Crippen LogP) is 2.23. The first-order valence-corrected chi connectivity index (χ1v) is 6.35. The van der Waals surface area contributed by atoms with E-state index in [1.807, 2.05) is 0 Å². The van der Waals surface area contributed by atoms with E-state index in [0.717, 1.165) is 47.9 Å². The lowest BCUT2D eigenvalue weighted by molar-refractivity contribution is 0.841. The van der Waals surface area contributed by atoms with Gasteiger partial charge in [-0.05, 0) is 24.4 Å². The number of H-pyrrole nitrogens is 1. The van der Waals surface area contributed by atoms with Crippen molar-refractivity contribution in [2.24, 2.45) is 0 Å². The van der Waals surface area contributed by atoms with Crippen molar-refractivity contribution in [1.82, 2.24) is 24.8 Å². The number of aromatic nitrogens is 5. The molecule has 0 aromatic carbocycles. The Morgan fingerprint density at radius 2 is 2.00 bits per heavy atom. The molecule has 2 aromatic heterocycles. The maximum Gasteiger partial charge on any atom is 0.194 e. The van der Waals surface area contributed by atoms with Crippen LogP contribution in [0.15, 0.2) is 0 Å². The molecule has 1 N–H and O–H groups in total. The molecule has 0 aliphatic rings. The summed E-state index contributed by atoms with van der Waals surface area (Å²) in [6, 6.07) is 0. The number of hydrogen-bond acceptors (Lipinski definition) is 5. The molecule has 0 saturated carbocycles. The average molecular weight is 237 g/mol. The van der Waals surface area contributed by atoms with Crippen molar-refractivity contribution < 1.29 is 0 Å². The number of aryl methyl sites for hydroxylation is 2. The molecule has 0 saturated heterocycles.